The smallest absolute Gasteiger partial charge is 0.128 e. The maximum atomic E-state index is 4.54. The molecule has 104 valence electrons. The Bertz CT molecular complexity index is 562. The molecule has 0 spiro atoms. The molecule has 1 saturated heterocycles. The van der Waals surface area contributed by atoms with Gasteiger partial charge in [-0.15, -0.1) is 0 Å². The monoisotopic (exact) mass is 331 g/mol. The van der Waals surface area contributed by atoms with E-state index in [1.54, 1.807) is 0 Å². The van der Waals surface area contributed by atoms with Gasteiger partial charge in [-0.25, -0.2) is 4.98 Å². The fraction of sp³-hybridized carbons (Fsp3) is 0.312. The molecule has 1 N–H and O–H groups in total. The molecule has 0 atom stereocenters. The summed E-state index contributed by atoms with van der Waals surface area (Å²) in [5.41, 5.74) is 2.32. The molecule has 1 aromatic carbocycles. The molecule has 0 radical (unpaired) electrons. The Labute approximate surface area is 128 Å². The van der Waals surface area contributed by atoms with Gasteiger partial charge in [-0.05, 0) is 42.7 Å². The largest absolute Gasteiger partial charge is 0.380 e. The molecule has 1 aromatic heterocycles. The number of anilines is 2. The van der Waals surface area contributed by atoms with Crippen molar-refractivity contribution in [1.29, 1.82) is 0 Å². The zero-order valence-corrected chi connectivity index (χ0v) is 12.9. The van der Waals surface area contributed by atoms with E-state index in [-0.39, 0.29) is 0 Å². The highest BCUT2D eigenvalue weighted by Gasteiger charge is 2.12. The van der Waals surface area contributed by atoms with Crippen molar-refractivity contribution in [3.8, 4) is 0 Å². The van der Waals surface area contributed by atoms with Crippen LogP contribution in [0.2, 0.25) is 0 Å². The molecular weight excluding hydrogens is 314 g/mol. The number of halogens is 1. The minimum Gasteiger partial charge on any atom is -0.380 e. The fourth-order valence-corrected chi connectivity index (χ4v) is 2.92. The SMILES string of the molecule is Brc1cccc(CNc2ccc(N3CCCC3)nc2)c1. The minimum atomic E-state index is 0.810. The van der Waals surface area contributed by atoms with Gasteiger partial charge in [0.15, 0.2) is 0 Å². The van der Waals surface area contributed by atoms with Crippen molar-refractivity contribution in [3.05, 3.63) is 52.6 Å². The summed E-state index contributed by atoms with van der Waals surface area (Å²) in [7, 11) is 0. The highest BCUT2D eigenvalue weighted by Crippen LogP contribution is 2.19. The standard InChI is InChI=1S/C16H18BrN3/c17-14-5-3-4-13(10-14)11-18-15-6-7-16(19-12-15)20-8-1-2-9-20/h3-7,10,12,18H,1-2,8-9,11H2. The summed E-state index contributed by atoms with van der Waals surface area (Å²) in [5, 5.41) is 3.40. The third kappa shape index (κ3) is 3.31. The van der Waals surface area contributed by atoms with E-state index in [4.69, 9.17) is 0 Å². The van der Waals surface area contributed by atoms with Crippen molar-refractivity contribution in [2.45, 2.75) is 19.4 Å². The Morgan fingerprint density at radius 2 is 2.00 bits per heavy atom. The second-order valence-electron chi connectivity index (χ2n) is 5.08. The van der Waals surface area contributed by atoms with Crippen LogP contribution in [-0.2, 0) is 6.54 Å². The quantitative estimate of drug-likeness (QED) is 0.915. The number of benzene rings is 1. The number of aromatic nitrogens is 1. The first kappa shape index (κ1) is 13.4. The van der Waals surface area contributed by atoms with Gasteiger partial charge in [0.05, 0.1) is 11.9 Å². The molecule has 0 bridgehead atoms. The van der Waals surface area contributed by atoms with E-state index >= 15 is 0 Å². The van der Waals surface area contributed by atoms with Crippen molar-refractivity contribution in [2.24, 2.45) is 0 Å². The normalized spacial score (nSPS) is 14.6. The maximum Gasteiger partial charge on any atom is 0.128 e. The Balaban J connectivity index is 1.60. The first-order valence-corrected chi connectivity index (χ1v) is 7.80. The van der Waals surface area contributed by atoms with Gasteiger partial charge in [0.1, 0.15) is 5.82 Å². The van der Waals surface area contributed by atoms with Crippen LogP contribution in [0.4, 0.5) is 11.5 Å². The zero-order chi connectivity index (χ0) is 13.8. The zero-order valence-electron chi connectivity index (χ0n) is 11.3. The number of rotatable bonds is 4. The lowest BCUT2D eigenvalue weighted by Crippen LogP contribution is -2.18. The fourth-order valence-electron chi connectivity index (χ4n) is 2.47. The van der Waals surface area contributed by atoms with Crippen LogP contribution < -0.4 is 10.2 Å². The van der Waals surface area contributed by atoms with Crippen LogP contribution in [0.3, 0.4) is 0 Å². The molecule has 2 heterocycles. The van der Waals surface area contributed by atoms with Crippen LogP contribution in [0.25, 0.3) is 0 Å². The molecule has 0 saturated carbocycles. The summed E-state index contributed by atoms with van der Waals surface area (Å²) >= 11 is 3.49. The van der Waals surface area contributed by atoms with Gasteiger partial charge in [-0.3, -0.25) is 0 Å². The lowest BCUT2D eigenvalue weighted by Gasteiger charge is -2.16. The molecule has 1 aliphatic heterocycles. The van der Waals surface area contributed by atoms with Gasteiger partial charge >= 0.3 is 0 Å². The van der Waals surface area contributed by atoms with Crippen LogP contribution >= 0.6 is 15.9 Å². The number of hydrogen-bond donors (Lipinski definition) is 1. The summed E-state index contributed by atoms with van der Waals surface area (Å²) in [6, 6.07) is 12.5. The molecule has 20 heavy (non-hydrogen) atoms. The van der Waals surface area contributed by atoms with Gasteiger partial charge in [0.25, 0.3) is 0 Å². The molecular formula is C16H18BrN3. The third-order valence-electron chi connectivity index (χ3n) is 3.56. The average molecular weight is 332 g/mol. The minimum absolute atomic E-state index is 0.810. The molecule has 0 aliphatic carbocycles. The Morgan fingerprint density at radius 1 is 1.15 bits per heavy atom. The van der Waals surface area contributed by atoms with Gasteiger partial charge in [-0.2, -0.15) is 0 Å². The molecule has 0 amide bonds. The van der Waals surface area contributed by atoms with Crippen molar-refractivity contribution in [1.82, 2.24) is 4.98 Å². The number of hydrogen-bond acceptors (Lipinski definition) is 3. The van der Waals surface area contributed by atoms with Crippen molar-refractivity contribution < 1.29 is 0 Å². The van der Waals surface area contributed by atoms with Gasteiger partial charge < -0.3 is 10.2 Å². The average Bonchev–Trinajstić information content (AvgIpc) is 3.00. The van der Waals surface area contributed by atoms with E-state index in [0.29, 0.717) is 0 Å². The summed E-state index contributed by atoms with van der Waals surface area (Å²) < 4.78 is 1.11. The summed E-state index contributed by atoms with van der Waals surface area (Å²) in [5.74, 6) is 1.09. The number of nitrogens with one attached hydrogen (secondary N) is 1. The number of nitrogens with zero attached hydrogens (tertiary/aromatic N) is 2. The topological polar surface area (TPSA) is 28.2 Å². The van der Waals surface area contributed by atoms with Crippen molar-refractivity contribution in [3.63, 3.8) is 0 Å². The van der Waals surface area contributed by atoms with E-state index in [9.17, 15) is 0 Å². The second kappa shape index (κ2) is 6.27. The van der Waals surface area contributed by atoms with Crippen LogP contribution in [0.1, 0.15) is 18.4 Å². The highest BCUT2D eigenvalue weighted by molar-refractivity contribution is 9.10. The van der Waals surface area contributed by atoms with Crippen LogP contribution in [0, 0.1) is 0 Å². The predicted octanol–water partition coefficient (Wildman–Crippen LogP) is 4.06. The lowest BCUT2D eigenvalue weighted by atomic mass is 10.2. The first-order valence-electron chi connectivity index (χ1n) is 7.00. The lowest BCUT2D eigenvalue weighted by molar-refractivity contribution is 0.937. The van der Waals surface area contributed by atoms with Crippen molar-refractivity contribution >= 4 is 27.4 Å². The van der Waals surface area contributed by atoms with E-state index in [1.807, 2.05) is 12.3 Å². The van der Waals surface area contributed by atoms with E-state index in [2.05, 4.69) is 61.5 Å². The van der Waals surface area contributed by atoms with Crippen LogP contribution in [0.5, 0.6) is 0 Å². The Morgan fingerprint density at radius 3 is 2.70 bits per heavy atom. The van der Waals surface area contributed by atoms with Crippen LogP contribution in [-0.4, -0.2) is 18.1 Å². The maximum absolute atomic E-state index is 4.54. The molecule has 1 fully saturated rings. The molecule has 2 aromatic rings. The van der Waals surface area contributed by atoms with Gasteiger partial charge in [0, 0.05) is 24.1 Å². The molecule has 4 heteroatoms. The molecule has 1 aliphatic rings. The third-order valence-corrected chi connectivity index (χ3v) is 4.06. The van der Waals surface area contributed by atoms with Gasteiger partial charge in [-0.1, -0.05) is 28.1 Å². The van der Waals surface area contributed by atoms with E-state index in [1.165, 1.54) is 18.4 Å². The van der Waals surface area contributed by atoms with E-state index < -0.39 is 0 Å². The Kier molecular flexibility index (Phi) is 4.21. The summed E-state index contributed by atoms with van der Waals surface area (Å²) in [6.07, 6.45) is 4.49. The number of pyridine rings is 1. The molecule has 0 unspecified atom stereocenters. The summed E-state index contributed by atoms with van der Waals surface area (Å²) in [6.45, 7) is 3.08. The predicted molar refractivity (Wildman–Crippen MR) is 87.2 cm³/mol. The molecule has 3 nitrogen and oxygen atoms in total. The molecule has 3 rings (SSSR count). The van der Waals surface area contributed by atoms with Gasteiger partial charge in [0.2, 0.25) is 0 Å². The van der Waals surface area contributed by atoms with Crippen molar-refractivity contribution in [2.75, 3.05) is 23.3 Å². The first-order chi connectivity index (χ1) is 9.81. The van der Waals surface area contributed by atoms with Crippen LogP contribution in [0.15, 0.2) is 47.1 Å². The second-order valence-corrected chi connectivity index (χ2v) is 6.00. The summed E-state index contributed by atoms with van der Waals surface area (Å²) in [4.78, 5) is 6.89. The van der Waals surface area contributed by atoms with E-state index in [0.717, 1.165) is 35.6 Å². The Hall–Kier alpha value is -1.55. The highest BCUT2D eigenvalue weighted by atomic mass is 79.9.